The van der Waals surface area contributed by atoms with Gasteiger partial charge in [0.25, 0.3) is 0 Å². The smallest absolute Gasteiger partial charge is 0.310 e. The molecule has 2 aliphatic carbocycles. The molecule has 152 valence electrons. The molecule has 4 unspecified atom stereocenters. The number of carboxylic acid groups (broad SMARTS) is 1. The summed E-state index contributed by atoms with van der Waals surface area (Å²) in [7, 11) is 0. The van der Waals surface area contributed by atoms with E-state index in [0.717, 1.165) is 25.7 Å². The maximum absolute atomic E-state index is 11.7. The second-order valence-electron chi connectivity index (χ2n) is 9.83. The van der Waals surface area contributed by atoms with Crippen molar-refractivity contribution >= 4 is 5.97 Å². The fourth-order valence-electron chi connectivity index (χ4n) is 5.33. The maximum Gasteiger partial charge on any atom is 0.310 e. The molecule has 3 nitrogen and oxygen atoms in total. The van der Waals surface area contributed by atoms with Gasteiger partial charge < -0.3 is 9.84 Å². The first-order chi connectivity index (χ1) is 12.2. The fourth-order valence-corrected chi connectivity index (χ4v) is 5.33. The average Bonchev–Trinajstić information content (AvgIpc) is 3.37. The van der Waals surface area contributed by atoms with Crippen LogP contribution in [0.2, 0.25) is 0 Å². The standard InChI is InChI=1S/C23H42O3/c1-6-8-10-12-14-16-20(3,15-13-11-9-7-2)26-22(5)18-23(22)17-21(23,4)19(24)25/h6-18H2,1-5H3,(H,24,25). The molecule has 2 rings (SSSR count). The van der Waals surface area contributed by atoms with Gasteiger partial charge in [0.1, 0.15) is 0 Å². The number of aliphatic carboxylic acids is 1. The molecular weight excluding hydrogens is 324 g/mol. The number of hydrogen-bond donors (Lipinski definition) is 1. The van der Waals surface area contributed by atoms with Crippen LogP contribution in [-0.2, 0) is 9.53 Å². The third kappa shape index (κ3) is 4.29. The summed E-state index contributed by atoms with van der Waals surface area (Å²) in [6.45, 7) is 10.9. The Morgan fingerprint density at radius 3 is 1.88 bits per heavy atom. The van der Waals surface area contributed by atoms with Crippen LogP contribution < -0.4 is 0 Å². The molecule has 1 spiro atoms. The Hall–Kier alpha value is -0.570. The number of carbonyl (C=O) groups is 1. The Labute approximate surface area is 161 Å². The molecule has 1 N–H and O–H groups in total. The van der Waals surface area contributed by atoms with Crippen molar-refractivity contribution in [2.75, 3.05) is 0 Å². The lowest BCUT2D eigenvalue weighted by molar-refractivity contribution is -0.146. The molecule has 0 bridgehead atoms. The highest BCUT2D eigenvalue weighted by atomic mass is 16.5. The largest absolute Gasteiger partial charge is 0.481 e. The van der Waals surface area contributed by atoms with Crippen LogP contribution in [0.3, 0.4) is 0 Å². The van der Waals surface area contributed by atoms with Gasteiger partial charge in [0.15, 0.2) is 0 Å². The van der Waals surface area contributed by atoms with E-state index >= 15 is 0 Å². The SMILES string of the molecule is CCCCCCCC(C)(CCCCCC)OC1(C)CC12CC2(C)C(=O)O. The van der Waals surface area contributed by atoms with Crippen LogP contribution in [0.15, 0.2) is 0 Å². The number of unbranched alkanes of at least 4 members (excludes halogenated alkanes) is 7. The Morgan fingerprint density at radius 1 is 0.923 bits per heavy atom. The predicted octanol–water partition coefficient (Wildman–Crippen LogP) is 6.74. The van der Waals surface area contributed by atoms with Crippen LogP contribution >= 0.6 is 0 Å². The highest BCUT2D eigenvalue weighted by Gasteiger charge is 2.88. The van der Waals surface area contributed by atoms with Crippen LogP contribution in [-0.4, -0.2) is 22.3 Å². The molecule has 0 radical (unpaired) electrons. The number of ether oxygens (including phenoxy) is 1. The average molecular weight is 367 g/mol. The summed E-state index contributed by atoms with van der Waals surface area (Å²) in [5.41, 5.74) is -0.992. The van der Waals surface area contributed by atoms with Crippen molar-refractivity contribution in [3.63, 3.8) is 0 Å². The van der Waals surface area contributed by atoms with E-state index in [9.17, 15) is 9.90 Å². The monoisotopic (exact) mass is 366 g/mol. The second-order valence-corrected chi connectivity index (χ2v) is 9.83. The van der Waals surface area contributed by atoms with Gasteiger partial charge in [-0.1, -0.05) is 71.6 Å². The van der Waals surface area contributed by atoms with E-state index in [2.05, 4.69) is 27.7 Å². The lowest BCUT2D eigenvalue weighted by Crippen LogP contribution is -2.36. The van der Waals surface area contributed by atoms with Crippen molar-refractivity contribution in [3.8, 4) is 0 Å². The summed E-state index contributed by atoms with van der Waals surface area (Å²) in [5.74, 6) is -0.644. The zero-order valence-electron chi connectivity index (χ0n) is 18.0. The molecule has 0 amide bonds. The van der Waals surface area contributed by atoms with E-state index in [0.29, 0.717) is 0 Å². The van der Waals surface area contributed by atoms with Crippen molar-refractivity contribution in [3.05, 3.63) is 0 Å². The van der Waals surface area contributed by atoms with Gasteiger partial charge in [-0.3, -0.25) is 4.79 Å². The van der Waals surface area contributed by atoms with Crippen molar-refractivity contribution in [2.24, 2.45) is 10.8 Å². The third-order valence-corrected chi connectivity index (χ3v) is 7.42. The zero-order chi connectivity index (χ0) is 19.5. The molecule has 3 heteroatoms. The van der Waals surface area contributed by atoms with Crippen molar-refractivity contribution in [1.29, 1.82) is 0 Å². The van der Waals surface area contributed by atoms with Crippen LogP contribution in [0.25, 0.3) is 0 Å². The minimum atomic E-state index is -0.644. The fraction of sp³-hybridized carbons (Fsp3) is 0.957. The molecule has 0 aromatic carbocycles. The number of rotatable bonds is 14. The summed E-state index contributed by atoms with van der Waals surface area (Å²) in [4.78, 5) is 11.7. The Balaban J connectivity index is 1.92. The molecule has 26 heavy (non-hydrogen) atoms. The van der Waals surface area contributed by atoms with Crippen LogP contribution in [0, 0.1) is 10.8 Å². The number of carboxylic acids is 1. The van der Waals surface area contributed by atoms with Crippen LogP contribution in [0.4, 0.5) is 0 Å². The van der Waals surface area contributed by atoms with Gasteiger partial charge in [-0.15, -0.1) is 0 Å². The minimum Gasteiger partial charge on any atom is -0.481 e. The lowest BCUT2D eigenvalue weighted by Gasteiger charge is -2.35. The Bertz CT molecular complexity index is 490. The van der Waals surface area contributed by atoms with E-state index in [4.69, 9.17) is 4.74 Å². The van der Waals surface area contributed by atoms with E-state index in [1.165, 1.54) is 57.8 Å². The van der Waals surface area contributed by atoms with Crippen molar-refractivity contribution in [2.45, 2.75) is 129 Å². The molecule has 4 atom stereocenters. The molecule has 0 aromatic heterocycles. The van der Waals surface area contributed by atoms with E-state index in [1.807, 2.05) is 6.92 Å². The normalized spacial score (nSPS) is 34.7. The topological polar surface area (TPSA) is 46.5 Å². The maximum atomic E-state index is 11.7. The summed E-state index contributed by atoms with van der Waals surface area (Å²) in [6.07, 6.45) is 15.4. The third-order valence-electron chi connectivity index (χ3n) is 7.42. The van der Waals surface area contributed by atoms with E-state index < -0.39 is 11.4 Å². The van der Waals surface area contributed by atoms with Crippen molar-refractivity contribution < 1.29 is 14.6 Å². The lowest BCUT2D eigenvalue weighted by atomic mass is 9.90. The van der Waals surface area contributed by atoms with Gasteiger partial charge in [-0.2, -0.15) is 0 Å². The zero-order valence-corrected chi connectivity index (χ0v) is 18.0. The second kappa shape index (κ2) is 8.20. The quantitative estimate of drug-likeness (QED) is 0.346. The molecular formula is C23H42O3. The molecule has 2 fully saturated rings. The van der Waals surface area contributed by atoms with Gasteiger partial charge in [0, 0.05) is 5.41 Å². The molecule has 0 aromatic rings. The Morgan fingerprint density at radius 2 is 1.42 bits per heavy atom. The molecule has 2 saturated carbocycles. The molecule has 0 heterocycles. The first-order valence-electron chi connectivity index (χ1n) is 11.1. The first kappa shape index (κ1) is 21.7. The predicted molar refractivity (Wildman–Crippen MR) is 107 cm³/mol. The molecule has 0 aliphatic heterocycles. The van der Waals surface area contributed by atoms with Gasteiger partial charge in [-0.05, 0) is 46.5 Å². The van der Waals surface area contributed by atoms with Gasteiger partial charge in [0.05, 0.1) is 16.6 Å². The summed E-state index contributed by atoms with van der Waals surface area (Å²) >= 11 is 0. The molecule has 2 aliphatic rings. The highest BCUT2D eigenvalue weighted by molar-refractivity contribution is 5.81. The van der Waals surface area contributed by atoms with Crippen LogP contribution in [0.1, 0.15) is 118 Å². The van der Waals surface area contributed by atoms with Gasteiger partial charge in [-0.25, -0.2) is 0 Å². The summed E-state index contributed by atoms with van der Waals surface area (Å²) in [6, 6.07) is 0. The van der Waals surface area contributed by atoms with E-state index in [1.54, 1.807) is 0 Å². The van der Waals surface area contributed by atoms with Crippen LogP contribution in [0.5, 0.6) is 0 Å². The Kier molecular flexibility index (Phi) is 6.86. The molecule has 0 saturated heterocycles. The highest BCUT2D eigenvalue weighted by Crippen LogP contribution is 2.84. The van der Waals surface area contributed by atoms with Crippen molar-refractivity contribution in [1.82, 2.24) is 0 Å². The van der Waals surface area contributed by atoms with Gasteiger partial charge in [0.2, 0.25) is 0 Å². The summed E-state index contributed by atoms with van der Waals surface area (Å²) < 4.78 is 6.78. The summed E-state index contributed by atoms with van der Waals surface area (Å²) in [5, 5.41) is 9.59. The van der Waals surface area contributed by atoms with E-state index in [-0.39, 0.29) is 16.6 Å². The minimum absolute atomic E-state index is 0.0970. The first-order valence-corrected chi connectivity index (χ1v) is 11.1. The van der Waals surface area contributed by atoms with Gasteiger partial charge >= 0.3 is 5.97 Å². The number of hydrogen-bond acceptors (Lipinski definition) is 2.